The van der Waals surface area contributed by atoms with Crippen LogP contribution in [0.2, 0.25) is 0 Å². The number of rotatable bonds is 5. The van der Waals surface area contributed by atoms with E-state index in [-0.39, 0.29) is 0 Å². The van der Waals surface area contributed by atoms with Crippen molar-refractivity contribution < 1.29 is 0 Å². The second-order valence-electron chi connectivity index (χ2n) is 13.8. The van der Waals surface area contributed by atoms with Crippen molar-refractivity contribution in [2.24, 2.45) is 0 Å². The first-order valence-corrected chi connectivity index (χ1v) is 18.3. The van der Waals surface area contributed by atoms with Gasteiger partial charge in [-0.1, -0.05) is 133 Å². The monoisotopic (exact) mass is 688 g/mol. The van der Waals surface area contributed by atoms with Gasteiger partial charge in [-0.3, -0.25) is 0 Å². The zero-order valence-electron chi connectivity index (χ0n) is 29.3. The number of nitrogens with zero attached hydrogens (tertiary/aromatic N) is 4. The van der Waals surface area contributed by atoms with Crippen LogP contribution in [-0.4, -0.2) is 19.1 Å². The minimum absolute atomic E-state index is 0.683. The highest BCUT2D eigenvalue weighted by Gasteiger charge is 2.22. The number of benzene rings is 8. The Bertz CT molecular complexity index is 3210. The lowest BCUT2D eigenvalue weighted by Gasteiger charge is -2.15. The number of fused-ring (bicyclic) bond motifs is 8. The molecular weight excluding hydrogens is 657 g/mol. The zero-order chi connectivity index (χ0) is 35.6. The van der Waals surface area contributed by atoms with Crippen LogP contribution in [0.4, 0.5) is 0 Å². The molecule has 0 N–H and O–H groups in total. The first-order valence-electron chi connectivity index (χ1n) is 18.3. The molecule has 3 aromatic heterocycles. The second-order valence-corrected chi connectivity index (χ2v) is 13.8. The number of para-hydroxylation sites is 4. The Balaban J connectivity index is 1.19. The summed E-state index contributed by atoms with van der Waals surface area (Å²) in [5.41, 5.74) is 11.7. The maximum absolute atomic E-state index is 5.34. The standard InChI is InChI=1S/C50H32N4/c1-3-16-34(17-4-1)41-32-42(36-28-27-33-15-7-8-18-35(33)31-36)52-50(51-41)40-23-11-14-26-45(40)54-44-25-13-10-22-39(44)49-47(54)30-29-46-48(49)38-21-9-12-24-43(38)53(46)37-19-5-2-6-20-37/h1-32H. The van der Waals surface area contributed by atoms with Crippen molar-refractivity contribution in [2.75, 3.05) is 0 Å². The van der Waals surface area contributed by atoms with Gasteiger partial charge in [-0.15, -0.1) is 0 Å². The fourth-order valence-corrected chi connectivity index (χ4v) is 8.31. The average Bonchev–Trinajstić information content (AvgIpc) is 3.77. The summed E-state index contributed by atoms with van der Waals surface area (Å²) in [4.78, 5) is 10.6. The fourth-order valence-electron chi connectivity index (χ4n) is 8.31. The van der Waals surface area contributed by atoms with Gasteiger partial charge in [0.05, 0.1) is 39.1 Å². The molecule has 11 aromatic rings. The lowest BCUT2D eigenvalue weighted by molar-refractivity contribution is 1.14. The molecule has 0 radical (unpaired) electrons. The van der Waals surface area contributed by atoms with Crippen molar-refractivity contribution in [3.63, 3.8) is 0 Å². The quantitative estimate of drug-likeness (QED) is 0.180. The highest BCUT2D eigenvalue weighted by molar-refractivity contribution is 6.29. The molecule has 0 aliphatic heterocycles. The first-order chi connectivity index (χ1) is 26.8. The maximum atomic E-state index is 5.34. The van der Waals surface area contributed by atoms with Crippen molar-refractivity contribution in [2.45, 2.75) is 0 Å². The largest absolute Gasteiger partial charge is 0.309 e. The SMILES string of the molecule is c1ccc(-c2cc(-c3ccc4ccccc4c3)nc(-c3ccccc3-n3c4ccccc4c4c5c6ccccc6n(-c6ccccc6)c5ccc43)n2)cc1. The van der Waals surface area contributed by atoms with Crippen molar-refractivity contribution >= 4 is 54.4 Å². The number of hydrogen-bond donors (Lipinski definition) is 0. The molecule has 4 nitrogen and oxygen atoms in total. The van der Waals surface area contributed by atoms with E-state index in [0.29, 0.717) is 5.82 Å². The summed E-state index contributed by atoms with van der Waals surface area (Å²) in [6.07, 6.45) is 0. The van der Waals surface area contributed by atoms with Gasteiger partial charge >= 0.3 is 0 Å². The minimum atomic E-state index is 0.683. The molecule has 252 valence electrons. The Kier molecular flexibility index (Phi) is 6.82. The second kappa shape index (κ2) is 12.1. The van der Waals surface area contributed by atoms with Crippen LogP contribution in [0.15, 0.2) is 194 Å². The molecule has 0 aliphatic carbocycles. The summed E-state index contributed by atoms with van der Waals surface area (Å²) in [5.74, 6) is 0.683. The summed E-state index contributed by atoms with van der Waals surface area (Å²) in [6.45, 7) is 0. The first kappa shape index (κ1) is 30.3. The van der Waals surface area contributed by atoms with E-state index >= 15 is 0 Å². The van der Waals surface area contributed by atoms with E-state index in [2.05, 4.69) is 197 Å². The van der Waals surface area contributed by atoms with E-state index in [9.17, 15) is 0 Å². The van der Waals surface area contributed by atoms with E-state index in [1.807, 2.05) is 6.07 Å². The lowest BCUT2D eigenvalue weighted by atomic mass is 10.0. The molecular formula is C50H32N4. The van der Waals surface area contributed by atoms with Crippen LogP contribution in [-0.2, 0) is 0 Å². The van der Waals surface area contributed by atoms with Crippen LogP contribution in [0.25, 0.3) is 99.7 Å². The van der Waals surface area contributed by atoms with E-state index in [1.165, 1.54) is 43.4 Å². The van der Waals surface area contributed by atoms with Crippen molar-refractivity contribution in [3.05, 3.63) is 194 Å². The van der Waals surface area contributed by atoms with Gasteiger partial charge < -0.3 is 9.13 Å². The molecule has 8 aromatic carbocycles. The maximum Gasteiger partial charge on any atom is 0.162 e. The molecule has 0 spiro atoms. The van der Waals surface area contributed by atoms with Crippen LogP contribution in [0.1, 0.15) is 0 Å². The predicted octanol–water partition coefficient (Wildman–Crippen LogP) is 12.8. The highest BCUT2D eigenvalue weighted by Crippen LogP contribution is 2.43. The molecule has 3 heterocycles. The average molecular weight is 689 g/mol. The highest BCUT2D eigenvalue weighted by atomic mass is 15.0. The molecule has 0 amide bonds. The van der Waals surface area contributed by atoms with Crippen molar-refractivity contribution in [3.8, 4) is 45.3 Å². The van der Waals surface area contributed by atoms with Crippen LogP contribution >= 0.6 is 0 Å². The van der Waals surface area contributed by atoms with Gasteiger partial charge in [0, 0.05) is 43.9 Å². The Morgan fingerprint density at radius 1 is 0.352 bits per heavy atom. The smallest absolute Gasteiger partial charge is 0.162 e. The molecule has 0 saturated heterocycles. The van der Waals surface area contributed by atoms with Gasteiger partial charge in [-0.2, -0.15) is 0 Å². The number of hydrogen-bond acceptors (Lipinski definition) is 2. The van der Waals surface area contributed by atoms with Crippen LogP contribution < -0.4 is 0 Å². The van der Waals surface area contributed by atoms with E-state index in [1.54, 1.807) is 0 Å². The van der Waals surface area contributed by atoms with Gasteiger partial charge in [-0.05, 0) is 71.4 Å². The lowest BCUT2D eigenvalue weighted by Crippen LogP contribution is -2.01. The molecule has 54 heavy (non-hydrogen) atoms. The predicted molar refractivity (Wildman–Crippen MR) is 225 cm³/mol. The third-order valence-electron chi connectivity index (χ3n) is 10.7. The molecule has 4 heteroatoms. The van der Waals surface area contributed by atoms with Gasteiger partial charge in [0.2, 0.25) is 0 Å². The van der Waals surface area contributed by atoms with Crippen LogP contribution in [0, 0.1) is 0 Å². The van der Waals surface area contributed by atoms with E-state index < -0.39 is 0 Å². The fraction of sp³-hybridized carbons (Fsp3) is 0. The normalized spacial score (nSPS) is 11.7. The van der Waals surface area contributed by atoms with E-state index in [0.717, 1.165) is 50.5 Å². The van der Waals surface area contributed by atoms with Gasteiger partial charge in [0.25, 0.3) is 0 Å². The third-order valence-corrected chi connectivity index (χ3v) is 10.7. The van der Waals surface area contributed by atoms with E-state index in [4.69, 9.17) is 9.97 Å². The Morgan fingerprint density at radius 2 is 0.907 bits per heavy atom. The van der Waals surface area contributed by atoms with Gasteiger partial charge in [0.1, 0.15) is 0 Å². The summed E-state index contributed by atoms with van der Waals surface area (Å²) in [5, 5.41) is 7.31. The van der Waals surface area contributed by atoms with Crippen LogP contribution in [0.3, 0.4) is 0 Å². The molecule has 0 bridgehead atoms. The Morgan fingerprint density at radius 3 is 1.65 bits per heavy atom. The topological polar surface area (TPSA) is 35.6 Å². The molecule has 0 atom stereocenters. The summed E-state index contributed by atoms with van der Waals surface area (Å²) in [7, 11) is 0. The molecule has 0 saturated carbocycles. The zero-order valence-corrected chi connectivity index (χ0v) is 29.3. The Labute approximate surface area is 311 Å². The van der Waals surface area contributed by atoms with Crippen molar-refractivity contribution in [1.82, 2.24) is 19.1 Å². The van der Waals surface area contributed by atoms with Crippen LogP contribution in [0.5, 0.6) is 0 Å². The summed E-state index contributed by atoms with van der Waals surface area (Å²) < 4.78 is 4.80. The third kappa shape index (κ3) is 4.70. The van der Waals surface area contributed by atoms with Crippen molar-refractivity contribution in [1.29, 1.82) is 0 Å². The molecule has 0 fully saturated rings. The molecule has 11 rings (SSSR count). The number of aromatic nitrogens is 4. The minimum Gasteiger partial charge on any atom is -0.309 e. The van der Waals surface area contributed by atoms with Gasteiger partial charge in [0.15, 0.2) is 5.82 Å². The molecule has 0 unspecified atom stereocenters. The molecule has 0 aliphatic rings. The summed E-state index contributed by atoms with van der Waals surface area (Å²) in [6, 6.07) is 68.9. The summed E-state index contributed by atoms with van der Waals surface area (Å²) >= 11 is 0. The Hall–Kier alpha value is -7.30. The van der Waals surface area contributed by atoms with Gasteiger partial charge in [-0.25, -0.2) is 9.97 Å².